The van der Waals surface area contributed by atoms with Gasteiger partial charge >= 0.3 is 0 Å². The van der Waals surface area contributed by atoms with Gasteiger partial charge in [0.1, 0.15) is 12.4 Å². The minimum atomic E-state index is -0.00973. The molecule has 3 aromatic rings. The van der Waals surface area contributed by atoms with Gasteiger partial charge in [-0.2, -0.15) is 0 Å². The van der Waals surface area contributed by atoms with Crippen molar-refractivity contribution in [2.24, 2.45) is 0 Å². The maximum atomic E-state index is 12.0. The van der Waals surface area contributed by atoms with E-state index in [0.717, 1.165) is 22.6 Å². The number of carbonyl (C=O) groups excluding carboxylic acids is 1. The fourth-order valence-corrected chi connectivity index (χ4v) is 2.36. The number of hydrogen-bond acceptors (Lipinski definition) is 3. The number of pyridine rings is 1. The summed E-state index contributed by atoms with van der Waals surface area (Å²) in [7, 11) is 0. The van der Waals surface area contributed by atoms with Gasteiger partial charge in [-0.3, -0.25) is 9.78 Å². The molecule has 0 spiro atoms. The number of nitrogens with one attached hydrogen (secondary N) is 1. The normalized spacial score (nSPS) is 9.70. The van der Waals surface area contributed by atoms with Crippen LogP contribution in [0, 0.1) is 0 Å². The van der Waals surface area contributed by atoms with Crippen LogP contribution in [0.4, 0.5) is 0 Å². The van der Waals surface area contributed by atoms with Gasteiger partial charge in [-0.25, -0.2) is 0 Å². The molecule has 0 aliphatic carbocycles. The van der Waals surface area contributed by atoms with Gasteiger partial charge in [0.2, 0.25) is 5.91 Å². The molecule has 0 unspecified atom stereocenters. The number of rotatable bonds is 7. The van der Waals surface area contributed by atoms with Crippen molar-refractivity contribution in [3.05, 3.63) is 95.8 Å². The lowest BCUT2D eigenvalue weighted by Gasteiger charge is -2.08. The second-order valence-electron chi connectivity index (χ2n) is 5.70. The molecule has 0 aliphatic rings. The number of aromatic nitrogens is 1. The van der Waals surface area contributed by atoms with Crippen LogP contribution in [-0.4, -0.2) is 10.9 Å². The lowest BCUT2D eigenvalue weighted by molar-refractivity contribution is -0.120. The number of amides is 1. The first-order valence-corrected chi connectivity index (χ1v) is 9.22. The molecule has 4 nitrogen and oxygen atoms in total. The van der Waals surface area contributed by atoms with Crippen LogP contribution in [0.2, 0.25) is 0 Å². The van der Waals surface area contributed by atoms with E-state index in [4.69, 9.17) is 4.74 Å². The molecule has 0 bridgehead atoms. The van der Waals surface area contributed by atoms with Crippen LogP contribution in [0.15, 0.2) is 79.0 Å². The monoisotopic (exact) mass is 362 g/mol. The first kappa shape index (κ1) is 20.2. The molecule has 140 valence electrons. The number of nitrogens with zero attached hydrogens (tertiary/aromatic N) is 1. The highest BCUT2D eigenvalue weighted by Crippen LogP contribution is 2.11. The van der Waals surface area contributed by atoms with Gasteiger partial charge in [-0.15, -0.1) is 0 Å². The molecule has 1 N–H and O–H groups in total. The zero-order valence-electron chi connectivity index (χ0n) is 15.9. The summed E-state index contributed by atoms with van der Waals surface area (Å²) in [5.41, 5.74) is 2.81. The minimum absolute atomic E-state index is 0.00973. The van der Waals surface area contributed by atoms with Gasteiger partial charge in [0.15, 0.2) is 0 Å². The molecule has 0 radical (unpaired) electrons. The van der Waals surface area contributed by atoms with Crippen molar-refractivity contribution in [3.8, 4) is 5.75 Å². The topological polar surface area (TPSA) is 51.2 Å². The summed E-state index contributed by atoms with van der Waals surface area (Å²) >= 11 is 0. The highest BCUT2D eigenvalue weighted by Gasteiger charge is 2.04. The van der Waals surface area contributed by atoms with Crippen molar-refractivity contribution in [3.63, 3.8) is 0 Å². The summed E-state index contributed by atoms with van der Waals surface area (Å²) < 4.78 is 5.69. The van der Waals surface area contributed by atoms with E-state index < -0.39 is 0 Å². The maximum Gasteiger partial charge on any atom is 0.224 e. The Morgan fingerprint density at radius 3 is 2.19 bits per heavy atom. The van der Waals surface area contributed by atoms with E-state index in [2.05, 4.69) is 10.3 Å². The molecule has 1 amide bonds. The number of carbonyl (C=O) groups is 1. The van der Waals surface area contributed by atoms with E-state index in [1.54, 1.807) is 6.20 Å². The molecule has 4 heteroatoms. The van der Waals surface area contributed by atoms with E-state index in [-0.39, 0.29) is 5.91 Å². The van der Waals surface area contributed by atoms with Crippen LogP contribution in [-0.2, 0) is 24.4 Å². The van der Waals surface area contributed by atoms with Crippen LogP contribution in [0.25, 0.3) is 0 Å². The van der Waals surface area contributed by atoms with Gasteiger partial charge < -0.3 is 10.1 Å². The predicted octanol–water partition coefficient (Wildman–Crippen LogP) is 4.55. The molecule has 27 heavy (non-hydrogen) atoms. The molecular weight excluding hydrogens is 336 g/mol. The van der Waals surface area contributed by atoms with Crippen molar-refractivity contribution in [1.82, 2.24) is 10.3 Å². The Morgan fingerprint density at radius 1 is 0.889 bits per heavy atom. The van der Waals surface area contributed by atoms with Crippen molar-refractivity contribution in [2.75, 3.05) is 0 Å². The smallest absolute Gasteiger partial charge is 0.224 e. The lowest BCUT2D eigenvalue weighted by atomic mass is 10.1. The first-order valence-electron chi connectivity index (χ1n) is 9.22. The second-order valence-corrected chi connectivity index (χ2v) is 5.70. The largest absolute Gasteiger partial charge is 0.489 e. The van der Waals surface area contributed by atoms with Gasteiger partial charge in [0.25, 0.3) is 0 Å². The van der Waals surface area contributed by atoms with Crippen molar-refractivity contribution >= 4 is 5.91 Å². The zero-order chi connectivity index (χ0) is 19.3. The SMILES string of the molecule is CC.O=C(Cc1ccccc1)NCc1ccc(COc2ccccc2)cn1. The third-order valence-electron chi connectivity index (χ3n) is 3.71. The number of ether oxygens (including phenoxy) is 1. The Labute approximate surface area is 161 Å². The summed E-state index contributed by atoms with van der Waals surface area (Å²) in [4.78, 5) is 16.3. The highest BCUT2D eigenvalue weighted by molar-refractivity contribution is 5.78. The van der Waals surface area contributed by atoms with Crippen LogP contribution in [0.1, 0.15) is 30.7 Å². The fourth-order valence-electron chi connectivity index (χ4n) is 2.36. The summed E-state index contributed by atoms with van der Waals surface area (Å²) in [6.45, 7) is 4.89. The third kappa shape index (κ3) is 7.32. The standard InChI is InChI=1S/C21H20N2O2.C2H6/c24-21(13-17-7-3-1-4-8-17)23-15-19-12-11-18(14-22-19)16-25-20-9-5-2-6-10-20;1-2/h1-12,14H,13,15-16H2,(H,23,24);1-2H3. The van der Waals surface area contributed by atoms with Crippen molar-refractivity contribution in [1.29, 1.82) is 0 Å². The molecule has 0 aliphatic heterocycles. The Kier molecular flexibility index (Phi) is 8.57. The lowest BCUT2D eigenvalue weighted by Crippen LogP contribution is -2.25. The molecule has 1 aromatic heterocycles. The van der Waals surface area contributed by atoms with E-state index >= 15 is 0 Å². The average Bonchev–Trinajstić information content (AvgIpc) is 2.74. The quantitative estimate of drug-likeness (QED) is 0.671. The van der Waals surface area contributed by atoms with Crippen LogP contribution < -0.4 is 10.1 Å². The van der Waals surface area contributed by atoms with Crippen LogP contribution in [0.5, 0.6) is 5.75 Å². The van der Waals surface area contributed by atoms with E-state index in [0.29, 0.717) is 19.6 Å². The Hall–Kier alpha value is -3.14. The summed E-state index contributed by atoms with van der Waals surface area (Å²) in [5.74, 6) is 0.823. The molecule has 0 saturated heterocycles. The van der Waals surface area contributed by atoms with E-state index in [1.165, 1.54) is 0 Å². The zero-order valence-corrected chi connectivity index (χ0v) is 15.9. The molecule has 1 heterocycles. The number of benzene rings is 2. The number of hydrogen-bond donors (Lipinski definition) is 1. The molecule has 0 fully saturated rings. The summed E-state index contributed by atoms with van der Waals surface area (Å²) in [6.07, 6.45) is 2.16. The molecule has 0 atom stereocenters. The van der Waals surface area contributed by atoms with Gasteiger partial charge in [-0.1, -0.05) is 68.4 Å². The fraction of sp³-hybridized carbons (Fsp3) is 0.217. The number of para-hydroxylation sites is 1. The van der Waals surface area contributed by atoms with Crippen molar-refractivity contribution in [2.45, 2.75) is 33.4 Å². The van der Waals surface area contributed by atoms with E-state index in [9.17, 15) is 4.79 Å². The second kappa shape index (κ2) is 11.5. The predicted molar refractivity (Wildman–Crippen MR) is 108 cm³/mol. The van der Waals surface area contributed by atoms with Crippen LogP contribution >= 0.6 is 0 Å². The van der Waals surface area contributed by atoms with E-state index in [1.807, 2.05) is 86.6 Å². The van der Waals surface area contributed by atoms with Gasteiger partial charge in [0.05, 0.1) is 18.7 Å². The highest BCUT2D eigenvalue weighted by atomic mass is 16.5. The Morgan fingerprint density at radius 2 is 1.56 bits per heavy atom. The minimum Gasteiger partial charge on any atom is -0.489 e. The molecular formula is C23H26N2O2. The first-order chi connectivity index (χ1) is 13.3. The third-order valence-corrected chi connectivity index (χ3v) is 3.71. The molecule has 2 aromatic carbocycles. The van der Waals surface area contributed by atoms with Gasteiger partial charge in [-0.05, 0) is 23.8 Å². The summed E-state index contributed by atoms with van der Waals surface area (Å²) in [6, 6.07) is 23.2. The molecule has 0 saturated carbocycles. The maximum absolute atomic E-state index is 12.0. The summed E-state index contributed by atoms with van der Waals surface area (Å²) in [5, 5.41) is 2.89. The van der Waals surface area contributed by atoms with Gasteiger partial charge in [0, 0.05) is 11.8 Å². The average molecular weight is 362 g/mol. The Balaban J connectivity index is 0.00000126. The van der Waals surface area contributed by atoms with Crippen molar-refractivity contribution < 1.29 is 9.53 Å². The molecule has 3 rings (SSSR count). The van der Waals surface area contributed by atoms with Crippen LogP contribution in [0.3, 0.4) is 0 Å². The Bertz CT molecular complexity index is 788.